The molecule has 0 saturated carbocycles. The van der Waals surface area contributed by atoms with E-state index in [9.17, 15) is 13.2 Å². The normalized spacial score (nSPS) is 33.3. The van der Waals surface area contributed by atoms with Crippen LogP contribution in [0.15, 0.2) is 0 Å². The van der Waals surface area contributed by atoms with Gasteiger partial charge in [0.25, 0.3) is 0 Å². The number of sulfone groups is 1. The molecular weight excluding hydrogens is 276 g/mol. The van der Waals surface area contributed by atoms with Gasteiger partial charge in [0.15, 0.2) is 9.84 Å². The predicted octanol–water partition coefficient (Wildman–Crippen LogP) is 1.15. The Hall–Kier alpha value is -0.620. The Morgan fingerprint density at radius 2 is 2.10 bits per heavy atom. The summed E-state index contributed by atoms with van der Waals surface area (Å²) in [6, 6.07) is -0.149. The molecule has 2 fully saturated rings. The number of amides is 1. The summed E-state index contributed by atoms with van der Waals surface area (Å²) in [6.07, 6.45) is 3.03. The van der Waals surface area contributed by atoms with Crippen LogP contribution in [0.4, 0.5) is 0 Å². The molecule has 3 atom stereocenters. The second kappa shape index (κ2) is 6.02. The summed E-state index contributed by atoms with van der Waals surface area (Å²) in [5, 5.41) is 2.99. The molecule has 2 saturated heterocycles. The largest absolute Gasteiger partial charge is 0.325 e. The minimum absolute atomic E-state index is 0.0120. The van der Waals surface area contributed by atoms with Gasteiger partial charge < -0.3 is 4.90 Å². The third-order valence-electron chi connectivity index (χ3n) is 4.31. The van der Waals surface area contributed by atoms with Crippen molar-refractivity contribution < 1.29 is 13.2 Å². The van der Waals surface area contributed by atoms with Gasteiger partial charge in [-0.15, -0.1) is 0 Å². The van der Waals surface area contributed by atoms with Crippen molar-refractivity contribution in [2.24, 2.45) is 5.92 Å². The Labute approximate surface area is 122 Å². The Bertz CT molecular complexity index is 461. The van der Waals surface area contributed by atoms with E-state index in [1.165, 1.54) is 0 Å². The molecule has 5 nitrogen and oxygen atoms in total. The lowest BCUT2D eigenvalue weighted by molar-refractivity contribution is -0.130. The van der Waals surface area contributed by atoms with Gasteiger partial charge in [0.05, 0.1) is 23.2 Å². The van der Waals surface area contributed by atoms with Crippen LogP contribution in [0.3, 0.4) is 0 Å². The maximum absolute atomic E-state index is 12.5. The summed E-state index contributed by atoms with van der Waals surface area (Å²) in [5.74, 6) is 0.802. The van der Waals surface area contributed by atoms with Gasteiger partial charge in [0.1, 0.15) is 0 Å². The highest BCUT2D eigenvalue weighted by Crippen LogP contribution is 2.25. The second-order valence-corrected chi connectivity index (χ2v) is 8.80. The van der Waals surface area contributed by atoms with Crippen molar-refractivity contribution in [2.45, 2.75) is 63.9 Å². The molecule has 0 aromatic heterocycles. The lowest BCUT2D eigenvalue weighted by atomic mass is 10.0. The average molecular weight is 302 g/mol. The lowest BCUT2D eigenvalue weighted by Gasteiger charge is -2.25. The first-order valence-corrected chi connectivity index (χ1v) is 9.34. The second-order valence-electron chi connectivity index (χ2n) is 6.39. The van der Waals surface area contributed by atoms with Crippen molar-refractivity contribution in [2.75, 3.05) is 12.3 Å². The molecule has 0 aromatic rings. The van der Waals surface area contributed by atoms with E-state index in [2.05, 4.69) is 19.2 Å². The van der Waals surface area contributed by atoms with Crippen LogP contribution in [0.1, 0.15) is 46.5 Å². The Morgan fingerprint density at radius 1 is 1.40 bits per heavy atom. The molecule has 2 aliphatic rings. The van der Waals surface area contributed by atoms with Crippen molar-refractivity contribution in [1.29, 1.82) is 0 Å². The van der Waals surface area contributed by atoms with Crippen LogP contribution >= 0.6 is 0 Å². The number of rotatable bonds is 5. The highest BCUT2D eigenvalue weighted by Gasteiger charge is 2.42. The Kier molecular flexibility index (Phi) is 4.74. The van der Waals surface area contributed by atoms with E-state index < -0.39 is 9.84 Å². The molecule has 2 rings (SSSR count). The number of nitrogens with zero attached hydrogens (tertiary/aromatic N) is 1. The standard InChI is InChI=1S/C14H26N2O3S/c1-4-13-15-12(8-10(2)3)14(17)16(13)9-11-6-5-7-20(11,18)19/h10-13,15H,4-9H2,1-3H3. The summed E-state index contributed by atoms with van der Waals surface area (Å²) < 4.78 is 23.9. The number of nitrogens with one attached hydrogen (secondary N) is 1. The molecule has 1 N–H and O–H groups in total. The molecule has 116 valence electrons. The minimum atomic E-state index is -2.99. The van der Waals surface area contributed by atoms with E-state index in [-0.39, 0.29) is 29.1 Å². The van der Waals surface area contributed by atoms with Gasteiger partial charge in [0, 0.05) is 6.54 Å². The third-order valence-corrected chi connectivity index (χ3v) is 6.57. The maximum atomic E-state index is 12.5. The van der Waals surface area contributed by atoms with Crippen LogP contribution in [0.2, 0.25) is 0 Å². The Morgan fingerprint density at radius 3 is 2.60 bits per heavy atom. The summed E-state index contributed by atoms with van der Waals surface area (Å²) >= 11 is 0. The van der Waals surface area contributed by atoms with Gasteiger partial charge in [-0.3, -0.25) is 10.1 Å². The van der Waals surface area contributed by atoms with Crippen molar-refractivity contribution in [3.05, 3.63) is 0 Å². The van der Waals surface area contributed by atoms with Gasteiger partial charge in [0.2, 0.25) is 5.91 Å². The van der Waals surface area contributed by atoms with E-state index in [0.29, 0.717) is 18.9 Å². The van der Waals surface area contributed by atoms with E-state index in [1.54, 1.807) is 4.90 Å². The fourth-order valence-corrected chi connectivity index (χ4v) is 5.04. The summed E-state index contributed by atoms with van der Waals surface area (Å²) in [7, 11) is -2.99. The van der Waals surface area contributed by atoms with Crippen molar-refractivity contribution >= 4 is 15.7 Å². The van der Waals surface area contributed by atoms with E-state index >= 15 is 0 Å². The smallest absolute Gasteiger partial charge is 0.241 e. The average Bonchev–Trinajstić information content (AvgIpc) is 2.83. The number of hydrogen-bond acceptors (Lipinski definition) is 4. The zero-order chi connectivity index (χ0) is 14.9. The maximum Gasteiger partial charge on any atom is 0.241 e. The molecule has 3 unspecified atom stereocenters. The molecule has 0 aromatic carbocycles. The first-order valence-electron chi connectivity index (χ1n) is 7.63. The minimum Gasteiger partial charge on any atom is -0.325 e. The summed E-state index contributed by atoms with van der Waals surface area (Å²) in [4.78, 5) is 14.2. The van der Waals surface area contributed by atoms with Crippen molar-refractivity contribution in [3.8, 4) is 0 Å². The predicted molar refractivity (Wildman–Crippen MR) is 79.0 cm³/mol. The first-order chi connectivity index (χ1) is 9.35. The highest BCUT2D eigenvalue weighted by atomic mass is 32.2. The molecule has 6 heteroatoms. The molecule has 1 amide bonds. The zero-order valence-electron chi connectivity index (χ0n) is 12.6. The van der Waals surface area contributed by atoms with Gasteiger partial charge in [-0.1, -0.05) is 20.8 Å². The topological polar surface area (TPSA) is 66.5 Å². The molecule has 0 bridgehead atoms. The zero-order valence-corrected chi connectivity index (χ0v) is 13.4. The van der Waals surface area contributed by atoms with Crippen molar-refractivity contribution in [1.82, 2.24) is 10.2 Å². The quantitative estimate of drug-likeness (QED) is 0.827. The molecule has 0 spiro atoms. The van der Waals surface area contributed by atoms with Gasteiger partial charge in [-0.25, -0.2) is 8.42 Å². The molecule has 2 heterocycles. The van der Waals surface area contributed by atoms with Crippen LogP contribution in [0, 0.1) is 5.92 Å². The lowest BCUT2D eigenvalue weighted by Crippen LogP contribution is -2.42. The van der Waals surface area contributed by atoms with Crippen LogP contribution in [-0.4, -0.2) is 49.0 Å². The first kappa shape index (κ1) is 15.8. The number of carbonyl (C=O) groups excluding carboxylic acids is 1. The van der Waals surface area contributed by atoms with Crippen LogP contribution in [0.25, 0.3) is 0 Å². The van der Waals surface area contributed by atoms with E-state index in [0.717, 1.165) is 19.3 Å². The highest BCUT2D eigenvalue weighted by molar-refractivity contribution is 7.92. The fraction of sp³-hybridized carbons (Fsp3) is 0.929. The molecule has 0 radical (unpaired) electrons. The van der Waals surface area contributed by atoms with Crippen LogP contribution < -0.4 is 5.32 Å². The molecule has 0 aliphatic carbocycles. The summed E-state index contributed by atoms with van der Waals surface area (Å²) in [6.45, 7) is 6.58. The number of hydrogen-bond donors (Lipinski definition) is 1. The summed E-state index contributed by atoms with van der Waals surface area (Å²) in [5.41, 5.74) is 0. The Balaban J connectivity index is 2.07. The van der Waals surface area contributed by atoms with Crippen molar-refractivity contribution in [3.63, 3.8) is 0 Å². The van der Waals surface area contributed by atoms with Gasteiger partial charge >= 0.3 is 0 Å². The van der Waals surface area contributed by atoms with E-state index in [4.69, 9.17) is 0 Å². The monoisotopic (exact) mass is 302 g/mol. The van der Waals surface area contributed by atoms with Crippen LogP contribution in [0.5, 0.6) is 0 Å². The molecule has 2 aliphatic heterocycles. The molecule has 20 heavy (non-hydrogen) atoms. The van der Waals surface area contributed by atoms with E-state index in [1.807, 2.05) is 6.92 Å². The van der Waals surface area contributed by atoms with Gasteiger partial charge in [-0.2, -0.15) is 0 Å². The molecular formula is C14H26N2O3S. The number of carbonyl (C=O) groups is 1. The van der Waals surface area contributed by atoms with Gasteiger partial charge in [-0.05, 0) is 31.6 Å². The third kappa shape index (κ3) is 3.17. The fourth-order valence-electron chi connectivity index (χ4n) is 3.23. The van der Waals surface area contributed by atoms with Crippen LogP contribution in [-0.2, 0) is 14.6 Å². The SMILES string of the molecule is CCC1NC(CC(C)C)C(=O)N1CC1CCCS1(=O)=O.